The molecule has 0 aliphatic heterocycles. The summed E-state index contributed by atoms with van der Waals surface area (Å²) in [6.07, 6.45) is 6.38. The lowest BCUT2D eigenvalue weighted by atomic mass is 9.94. The molecule has 2 aliphatic carbocycles. The van der Waals surface area contributed by atoms with Crippen molar-refractivity contribution >= 4 is 18.8 Å². The molecular formula is C8H11NO2S. The fourth-order valence-electron chi connectivity index (χ4n) is 2.17. The Labute approximate surface area is 76.7 Å². The number of hydrogen-bond acceptors (Lipinski definition) is 4. The van der Waals surface area contributed by atoms with E-state index in [9.17, 15) is 4.79 Å². The van der Waals surface area contributed by atoms with Crippen LogP contribution in [0.3, 0.4) is 0 Å². The van der Waals surface area contributed by atoms with Gasteiger partial charge in [0.25, 0.3) is 0 Å². The summed E-state index contributed by atoms with van der Waals surface area (Å²) < 4.78 is 0. The number of fused-ring (bicyclic) bond motifs is 2. The Morgan fingerprint density at radius 3 is 2.83 bits per heavy atom. The fourth-order valence-corrected chi connectivity index (χ4v) is 2.26. The third kappa shape index (κ3) is 1.25. The minimum absolute atomic E-state index is 0.0552. The highest BCUT2D eigenvalue weighted by Gasteiger charge is 2.40. The first-order valence-electron chi connectivity index (χ1n) is 4.09. The van der Waals surface area contributed by atoms with Crippen LogP contribution in [0.5, 0.6) is 0 Å². The normalized spacial score (nSPS) is 37.2. The highest BCUT2D eigenvalue weighted by atomic mass is 32.1. The van der Waals surface area contributed by atoms with Crippen LogP contribution >= 0.6 is 12.8 Å². The molecule has 3 atom stereocenters. The van der Waals surface area contributed by atoms with Gasteiger partial charge in [-0.15, -0.1) is 0 Å². The fraction of sp³-hybridized carbons (Fsp3) is 0.625. The molecule has 0 saturated heterocycles. The van der Waals surface area contributed by atoms with Crippen LogP contribution in [-0.2, 0) is 9.63 Å². The van der Waals surface area contributed by atoms with E-state index < -0.39 is 0 Å². The summed E-state index contributed by atoms with van der Waals surface area (Å²) in [5, 5.41) is 0. The SMILES string of the molecule is O=C(ONS)[C@H]1CC2C=CC1C2. The van der Waals surface area contributed by atoms with Gasteiger partial charge in [0.15, 0.2) is 0 Å². The second kappa shape index (κ2) is 3.11. The summed E-state index contributed by atoms with van der Waals surface area (Å²) in [5.74, 6) is 0.887. The topological polar surface area (TPSA) is 38.3 Å². The number of thiol groups is 1. The second-order valence-corrected chi connectivity index (χ2v) is 3.58. The molecule has 1 fully saturated rings. The van der Waals surface area contributed by atoms with Crippen LogP contribution in [0.2, 0.25) is 0 Å². The molecule has 3 nitrogen and oxygen atoms in total. The molecule has 12 heavy (non-hydrogen) atoms. The Morgan fingerprint density at radius 1 is 1.50 bits per heavy atom. The van der Waals surface area contributed by atoms with E-state index in [1.54, 1.807) is 0 Å². The number of nitrogens with one attached hydrogen (secondary N) is 1. The van der Waals surface area contributed by atoms with Gasteiger partial charge in [0.2, 0.25) is 0 Å². The maximum absolute atomic E-state index is 11.3. The Balaban J connectivity index is 1.98. The van der Waals surface area contributed by atoms with Crippen LogP contribution in [0.1, 0.15) is 12.8 Å². The predicted molar refractivity (Wildman–Crippen MR) is 47.1 cm³/mol. The van der Waals surface area contributed by atoms with E-state index in [1.165, 1.54) is 0 Å². The highest BCUT2D eigenvalue weighted by Crippen LogP contribution is 2.43. The summed E-state index contributed by atoms with van der Waals surface area (Å²) in [6, 6.07) is 0. The molecule has 0 amide bonds. The van der Waals surface area contributed by atoms with Gasteiger partial charge in [-0.2, -0.15) is 0 Å². The molecule has 0 heterocycles. The first kappa shape index (κ1) is 8.13. The number of carbonyl (C=O) groups excluding carboxylic acids is 1. The molecule has 2 rings (SSSR count). The van der Waals surface area contributed by atoms with Gasteiger partial charge >= 0.3 is 5.97 Å². The van der Waals surface area contributed by atoms with Crippen LogP contribution in [-0.4, -0.2) is 5.97 Å². The van der Waals surface area contributed by atoms with Crippen LogP contribution < -0.4 is 4.89 Å². The summed E-state index contributed by atoms with van der Waals surface area (Å²) in [4.78, 5) is 18.0. The molecule has 0 aromatic carbocycles. The number of rotatable bonds is 2. The average Bonchev–Trinajstić information content (AvgIpc) is 2.64. The van der Waals surface area contributed by atoms with E-state index in [4.69, 9.17) is 0 Å². The van der Waals surface area contributed by atoms with Crippen LogP contribution in [0.4, 0.5) is 0 Å². The minimum Gasteiger partial charge on any atom is -0.360 e. The number of carbonyl (C=O) groups is 1. The molecule has 0 aromatic rings. The molecule has 2 aliphatic rings. The van der Waals surface area contributed by atoms with Gasteiger partial charge in [-0.1, -0.05) is 29.9 Å². The van der Waals surface area contributed by atoms with Gasteiger partial charge < -0.3 is 4.84 Å². The Morgan fingerprint density at radius 2 is 2.33 bits per heavy atom. The van der Waals surface area contributed by atoms with Gasteiger partial charge in [-0.25, -0.2) is 4.79 Å². The lowest BCUT2D eigenvalue weighted by Crippen LogP contribution is -2.24. The quantitative estimate of drug-likeness (QED) is 0.384. The minimum atomic E-state index is -0.179. The van der Waals surface area contributed by atoms with Gasteiger partial charge in [-0.3, -0.25) is 0 Å². The summed E-state index contributed by atoms with van der Waals surface area (Å²) in [7, 11) is 0. The lowest BCUT2D eigenvalue weighted by Gasteiger charge is -2.14. The third-order valence-electron chi connectivity index (χ3n) is 2.73. The molecule has 0 spiro atoms. The molecule has 0 aromatic heterocycles. The third-order valence-corrected chi connectivity index (χ3v) is 2.82. The summed E-state index contributed by atoms with van der Waals surface area (Å²) in [5.41, 5.74) is 0. The zero-order valence-corrected chi connectivity index (χ0v) is 7.46. The molecule has 66 valence electrons. The van der Waals surface area contributed by atoms with Crippen molar-refractivity contribution in [2.24, 2.45) is 17.8 Å². The van der Waals surface area contributed by atoms with Gasteiger partial charge in [0.1, 0.15) is 0 Å². The zero-order chi connectivity index (χ0) is 8.55. The molecule has 1 saturated carbocycles. The van der Waals surface area contributed by atoms with Crippen molar-refractivity contribution < 1.29 is 9.63 Å². The Kier molecular flexibility index (Phi) is 2.11. The first-order chi connectivity index (χ1) is 5.81. The van der Waals surface area contributed by atoms with Crippen LogP contribution in [0, 0.1) is 17.8 Å². The summed E-state index contributed by atoms with van der Waals surface area (Å²) in [6.45, 7) is 0. The van der Waals surface area contributed by atoms with Crippen LogP contribution in [0.25, 0.3) is 0 Å². The smallest absolute Gasteiger partial charge is 0.329 e. The van der Waals surface area contributed by atoms with Gasteiger partial charge in [0, 0.05) is 0 Å². The van der Waals surface area contributed by atoms with Gasteiger partial charge in [-0.05, 0) is 24.7 Å². The van der Waals surface area contributed by atoms with E-state index in [0.29, 0.717) is 11.8 Å². The number of allylic oxidation sites excluding steroid dienone is 2. The van der Waals surface area contributed by atoms with Crippen molar-refractivity contribution in [1.82, 2.24) is 4.89 Å². The van der Waals surface area contributed by atoms with Crippen molar-refractivity contribution in [3.8, 4) is 0 Å². The second-order valence-electron chi connectivity index (χ2n) is 3.40. The van der Waals surface area contributed by atoms with Crippen molar-refractivity contribution in [2.45, 2.75) is 12.8 Å². The average molecular weight is 185 g/mol. The largest absolute Gasteiger partial charge is 0.360 e. The van der Waals surface area contributed by atoms with Crippen LogP contribution in [0.15, 0.2) is 12.2 Å². The van der Waals surface area contributed by atoms with Crippen molar-refractivity contribution in [3.05, 3.63) is 12.2 Å². The zero-order valence-electron chi connectivity index (χ0n) is 6.56. The van der Waals surface area contributed by atoms with Gasteiger partial charge in [0.05, 0.1) is 5.92 Å². The van der Waals surface area contributed by atoms with E-state index in [-0.39, 0.29) is 11.9 Å². The number of hydrogen-bond donors (Lipinski definition) is 2. The standard InChI is InChI=1S/C8H11NO2S/c10-8(11-9-12)7-4-5-1-2-6(7)3-5/h1-2,5-7,9,12H,3-4H2/t5?,6?,7-/m0/s1. The maximum atomic E-state index is 11.3. The Bertz CT molecular complexity index is 229. The molecule has 1 N–H and O–H groups in total. The first-order valence-corrected chi connectivity index (χ1v) is 4.54. The van der Waals surface area contributed by atoms with E-state index in [2.05, 4.69) is 34.7 Å². The molecule has 4 heteroatoms. The van der Waals surface area contributed by atoms with E-state index in [1.807, 2.05) is 0 Å². The van der Waals surface area contributed by atoms with E-state index in [0.717, 1.165) is 12.8 Å². The maximum Gasteiger partial charge on any atom is 0.329 e. The van der Waals surface area contributed by atoms with Crippen molar-refractivity contribution in [1.29, 1.82) is 0 Å². The molecule has 2 bridgehead atoms. The van der Waals surface area contributed by atoms with Crippen molar-refractivity contribution in [2.75, 3.05) is 0 Å². The Hall–Kier alpha value is -0.480. The summed E-state index contributed by atoms with van der Waals surface area (Å²) >= 11 is 3.61. The lowest BCUT2D eigenvalue weighted by molar-refractivity contribution is -0.152. The molecular weight excluding hydrogens is 174 g/mol. The molecule has 2 unspecified atom stereocenters. The molecule has 0 radical (unpaired) electrons. The monoisotopic (exact) mass is 185 g/mol. The van der Waals surface area contributed by atoms with E-state index >= 15 is 0 Å². The van der Waals surface area contributed by atoms with Crippen molar-refractivity contribution in [3.63, 3.8) is 0 Å². The predicted octanol–water partition coefficient (Wildman–Crippen LogP) is 1.09. The highest BCUT2D eigenvalue weighted by molar-refractivity contribution is 7.77.